The third kappa shape index (κ3) is 7.05. The van der Waals surface area contributed by atoms with Gasteiger partial charge in [-0.1, -0.05) is 17.7 Å². The number of nitrogens with one attached hydrogen (secondary N) is 2. The van der Waals surface area contributed by atoms with Crippen LogP contribution in [0.2, 0.25) is 0 Å². The fourth-order valence-corrected chi connectivity index (χ4v) is 5.39. The number of rotatable bonds is 12. The van der Waals surface area contributed by atoms with Gasteiger partial charge in [0.25, 0.3) is 0 Å². The molecule has 1 saturated heterocycles. The first-order chi connectivity index (χ1) is 22.3. The number of carbonyl (C=O) groups excluding carboxylic acids is 2. The number of fused-ring (bicyclic) bond motifs is 1. The summed E-state index contributed by atoms with van der Waals surface area (Å²) in [4.78, 5) is 32.8. The van der Waals surface area contributed by atoms with Crippen LogP contribution in [0.4, 0.5) is 15.8 Å². The van der Waals surface area contributed by atoms with Crippen molar-refractivity contribution >= 4 is 34.1 Å². The van der Waals surface area contributed by atoms with Crippen molar-refractivity contribution in [3.8, 4) is 23.0 Å². The van der Waals surface area contributed by atoms with Crippen molar-refractivity contribution < 1.29 is 32.9 Å². The molecule has 2 fully saturated rings. The zero-order chi connectivity index (χ0) is 32.1. The third-order valence-corrected chi connectivity index (χ3v) is 8.31. The van der Waals surface area contributed by atoms with Gasteiger partial charge >= 0.3 is 0 Å². The number of amides is 2. The number of methoxy groups -OCH3 is 1. The van der Waals surface area contributed by atoms with Gasteiger partial charge in [0.2, 0.25) is 11.8 Å². The number of pyridine rings is 1. The lowest BCUT2D eigenvalue weighted by Crippen LogP contribution is -2.37. The van der Waals surface area contributed by atoms with Crippen LogP contribution < -0.4 is 24.8 Å². The predicted molar refractivity (Wildman–Crippen MR) is 172 cm³/mol. The second-order valence-corrected chi connectivity index (χ2v) is 11.6. The zero-order valence-corrected chi connectivity index (χ0v) is 25.9. The van der Waals surface area contributed by atoms with Gasteiger partial charge in [-0.25, -0.2) is 4.39 Å². The minimum atomic E-state index is -1.18. The molecule has 2 heterocycles. The van der Waals surface area contributed by atoms with Crippen LogP contribution in [-0.4, -0.2) is 68.3 Å². The summed E-state index contributed by atoms with van der Waals surface area (Å²) in [6, 6.07) is 16.7. The molecule has 0 spiro atoms. The molecule has 2 aliphatic rings. The van der Waals surface area contributed by atoms with Gasteiger partial charge in [0.05, 0.1) is 32.4 Å². The lowest BCUT2D eigenvalue weighted by molar-refractivity contribution is -0.131. The Hall–Kier alpha value is -4.74. The minimum Gasteiger partial charge on any atom is -0.493 e. The highest BCUT2D eigenvalue weighted by atomic mass is 19.1. The van der Waals surface area contributed by atoms with Crippen LogP contribution in [0.5, 0.6) is 23.0 Å². The molecule has 2 amide bonds. The first-order valence-corrected chi connectivity index (χ1v) is 15.4. The van der Waals surface area contributed by atoms with Gasteiger partial charge in [-0.2, -0.15) is 0 Å². The molecule has 0 atom stereocenters. The highest BCUT2D eigenvalue weighted by molar-refractivity contribution is 6.16. The quantitative estimate of drug-likeness (QED) is 0.147. The van der Waals surface area contributed by atoms with Gasteiger partial charge in [0, 0.05) is 54.7 Å². The Morgan fingerprint density at radius 1 is 0.913 bits per heavy atom. The molecule has 0 unspecified atom stereocenters. The number of ether oxygens (including phenoxy) is 4. The van der Waals surface area contributed by atoms with E-state index in [1.54, 1.807) is 49.7 Å². The third-order valence-electron chi connectivity index (χ3n) is 8.31. The van der Waals surface area contributed by atoms with Crippen molar-refractivity contribution in [1.29, 1.82) is 0 Å². The van der Waals surface area contributed by atoms with Crippen LogP contribution in [0.1, 0.15) is 24.8 Å². The predicted octanol–water partition coefficient (Wildman–Crippen LogP) is 5.94. The molecule has 0 radical (unpaired) electrons. The first kappa shape index (κ1) is 31.3. The fraction of sp³-hybridized carbons (Fsp3) is 0.343. The summed E-state index contributed by atoms with van der Waals surface area (Å²) in [6.07, 6.45) is 3.24. The Bertz CT molecular complexity index is 1720. The van der Waals surface area contributed by atoms with E-state index in [9.17, 15) is 9.59 Å². The van der Waals surface area contributed by atoms with Crippen molar-refractivity contribution in [3.63, 3.8) is 0 Å². The van der Waals surface area contributed by atoms with Gasteiger partial charge in [0.15, 0.2) is 23.1 Å². The lowest BCUT2D eigenvalue weighted by atomic mass is 10.0. The van der Waals surface area contributed by atoms with Crippen LogP contribution in [0.25, 0.3) is 10.9 Å². The summed E-state index contributed by atoms with van der Waals surface area (Å²) in [7, 11) is 1.57. The highest BCUT2D eigenvalue weighted by Crippen LogP contribution is 2.47. The molecule has 1 aliphatic heterocycles. The van der Waals surface area contributed by atoms with E-state index in [-0.39, 0.29) is 17.3 Å². The molecule has 10 nitrogen and oxygen atoms in total. The van der Waals surface area contributed by atoms with Crippen molar-refractivity contribution in [2.45, 2.75) is 26.2 Å². The van der Waals surface area contributed by atoms with Crippen molar-refractivity contribution in [2.75, 3.05) is 57.2 Å². The van der Waals surface area contributed by atoms with Gasteiger partial charge in [-0.3, -0.25) is 19.5 Å². The average molecular weight is 629 g/mol. The van der Waals surface area contributed by atoms with E-state index in [0.717, 1.165) is 44.8 Å². The lowest BCUT2D eigenvalue weighted by Gasteiger charge is -2.26. The normalized spacial score (nSPS) is 15.6. The van der Waals surface area contributed by atoms with Gasteiger partial charge in [0.1, 0.15) is 11.2 Å². The number of aryl methyl sites for hydroxylation is 1. The van der Waals surface area contributed by atoms with Gasteiger partial charge < -0.3 is 29.6 Å². The molecule has 3 aromatic carbocycles. The van der Waals surface area contributed by atoms with Crippen molar-refractivity contribution in [3.05, 3.63) is 78.2 Å². The molecule has 1 aromatic heterocycles. The minimum absolute atomic E-state index is 0.0347. The Kier molecular flexibility index (Phi) is 9.32. The number of anilines is 2. The second-order valence-electron chi connectivity index (χ2n) is 11.6. The summed E-state index contributed by atoms with van der Waals surface area (Å²) in [5, 5.41) is 6.14. The number of aromatic nitrogens is 1. The maximum Gasteiger partial charge on any atom is 0.240 e. The smallest absolute Gasteiger partial charge is 0.240 e. The summed E-state index contributed by atoms with van der Waals surface area (Å²) in [5.41, 5.74) is 1.31. The maximum atomic E-state index is 15.3. The zero-order valence-electron chi connectivity index (χ0n) is 25.9. The molecular weight excluding hydrogens is 591 g/mol. The highest BCUT2D eigenvalue weighted by Gasteiger charge is 2.56. The van der Waals surface area contributed by atoms with Crippen molar-refractivity contribution in [1.82, 2.24) is 9.88 Å². The van der Waals surface area contributed by atoms with Crippen molar-refractivity contribution in [2.24, 2.45) is 5.41 Å². The molecule has 240 valence electrons. The maximum absolute atomic E-state index is 15.3. The van der Waals surface area contributed by atoms with E-state index in [1.807, 2.05) is 19.1 Å². The van der Waals surface area contributed by atoms with E-state index in [2.05, 4.69) is 20.5 Å². The van der Waals surface area contributed by atoms with E-state index >= 15 is 4.39 Å². The summed E-state index contributed by atoms with van der Waals surface area (Å²) >= 11 is 0. The molecule has 11 heteroatoms. The number of morpholine rings is 1. The van der Waals surface area contributed by atoms with Crippen LogP contribution in [0.3, 0.4) is 0 Å². The molecule has 0 bridgehead atoms. The number of carbonyl (C=O) groups is 2. The number of nitrogens with zero attached hydrogens (tertiary/aromatic N) is 2. The van der Waals surface area contributed by atoms with Crippen LogP contribution >= 0.6 is 0 Å². The number of hydrogen-bond acceptors (Lipinski definition) is 8. The SMILES string of the molecule is COc1cc2nccc(Oc3ccc(NC(=O)C4(C(=O)Nc5ccc(C)cc5)CC4)cc3F)c2cc1OCCCN1CCOCC1. The Labute approximate surface area is 266 Å². The topological polar surface area (TPSA) is 111 Å². The number of hydrogen-bond donors (Lipinski definition) is 2. The second kappa shape index (κ2) is 13.7. The van der Waals surface area contributed by atoms with E-state index in [4.69, 9.17) is 18.9 Å². The van der Waals surface area contributed by atoms with Gasteiger partial charge in [-0.05, 0) is 62.6 Å². The van der Waals surface area contributed by atoms with E-state index < -0.39 is 17.1 Å². The standard InChI is InChI=1S/C35H37FN4O6/c1-23-4-6-24(7-5-23)38-33(41)35(11-12-35)34(42)39-25-8-9-30(27(36)20-25)46-29-10-13-37-28-22-31(43-2)32(21-26(28)29)45-17-3-14-40-15-18-44-19-16-40/h4-10,13,20-22H,3,11-12,14-19H2,1-2H3,(H,38,41)(H,39,42). The molecular formula is C35H37FN4O6. The average Bonchev–Trinajstić information content (AvgIpc) is 3.88. The summed E-state index contributed by atoms with van der Waals surface area (Å²) in [6.45, 7) is 6.70. The van der Waals surface area contributed by atoms with Crippen LogP contribution in [-0.2, 0) is 14.3 Å². The molecule has 2 N–H and O–H groups in total. The molecule has 6 rings (SSSR count). The molecule has 4 aromatic rings. The summed E-state index contributed by atoms with van der Waals surface area (Å²) in [5.74, 6) is -0.110. The largest absolute Gasteiger partial charge is 0.493 e. The fourth-order valence-electron chi connectivity index (χ4n) is 5.39. The number of halogens is 1. The molecule has 46 heavy (non-hydrogen) atoms. The molecule has 1 saturated carbocycles. The Morgan fingerprint density at radius 3 is 2.33 bits per heavy atom. The molecule has 1 aliphatic carbocycles. The van der Waals surface area contributed by atoms with E-state index in [1.165, 1.54) is 12.1 Å². The van der Waals surface area contributed by atoms with Crippen LogP contribution in [0, 0.1) is 18.2 Å². The van der Waals surface area contributed by atoms with Gasteiger partial charge in [-0.15, -0.1) is 0 Å². The first-order valence-electron chi connectivity index (χ1n) is 15.4. The van der Waals surface area contributed by atoms with Crippen LogP contribution in [0.15, 0.2) is 66.9 Å². The Balaban J connectivity index is 1.12. The number of benzene rings is 3. The Morgan fingerprint density at radius 2 is 1.63 bits per heavy atom. The summed E-state index contributed by atoms with van der Waals surface area (Å²) < 4.78 is 38.4. The van der Waals surface area contributed by atoms with E-state index in [0.29, 0.717) is 53.3 Å². The monoisotopic (exact) mass is 628 g/mol.